The van der Waals surface area contributed by atoms with Gasteiger partial charge in [-0.15, -0.1) is 0 Å². The van der Waals surface area contributed by atoms with E-state index >= 15 is 0 Å². The fourth-order valence-corrected chi connectivity index (χ4v) is 1.66. The summed E-state index contributed by atoms with van der Waals surface area (Å²) >= 11 is 0. The van der Waals surface area contributed by atoms with E-state index in [2.05, 4.69) is 9.72 Å². The Morgan fingerprint density at radius 2 is 1.89 bits per heavy atom. The van der Waals surface area contributed by atoms with Gasteiger partial charge in [-0.05, 0) is 30.3 Å². The molecule has 2 rings (SSSR count). The van der Waals surface area contributed by atoms with Crippen molar-refractivity contribution in [3.8, 4) is 17.0 Å². The molecular weight excluding hydrogens is 259 g/mol. The molecule has 1 aromatic heterocycles. The molecule has 6 heteroatoms. The molecule has 19 heavy (non-hydrogen) atoms. The van der Waals surface area contributed by atoms with Gasteiger partial charge in [-0.2, -0.15) is 8.78 Å². The van der Waals surface area contributed by atoms with Crippen LogP contribution in [0.3, 0.4) is 0 Å². The van der Waals surface area contributed by atoms with Crippen molar-refractivity contribution in [1.29, 1.82) is 0 Å². The summed E-state index contributed by atoms with van der Waals surface area (Å²) in [5.41, 5.74) is 1.29. The Labute approximate surface area is 107 Å². The van der Waals surface area contributed by atoms with Gasteiger partial charge < -0.3 is 9.84 Å². The zero-order valence-electron chi connectivity index (χ0n) is 9.69. The van der Waals surface area contributed by atoms with Crippen LogP contribution in [0.25, 0.3) is 11.3 Å². The number of alkyl halides is 2. The van der Waals surface area contributed by atoms with E-state index in [1.807, 2.05) is 0 Å². The first kappa shape index (κ1) is 13.4. The molecule has 1 heterocycles. The largest absolute Gasteiger partial charge is 0.435 e. The number of aliphatic hydroxyl groups is 1. The maximum absolute atomic E-state index is 13.0. The lowest BCUT2D eigenvalue weighted by molar-refractivity contribution is -0.0498. The quantitative estimate of drug-likeness (QED) is 0.927. The van der Waals surface area contributed by atoms with E-state index in [-0.39, 0.29) is 12.4 Å². The summed E-state index contributed by atoms with van der Waals surface area (Å²) in [6.07, 6.45) is 1.03. The third-order valence-electron chi connectivity index (χ3n) is 2.46. The molecule has 0 aliphatic heterocycles. The number of halogens is 3. The van der Waals surface area contributed by atoms with Crippen molar-refractivity contribution in [2.75, 3.05) is 0 Å². The molecule has 0 saturated heterocycles. The highest BCUT2D eigenvalue weighted by molar-refractivity contribution is 5.63. The van der Waals surface area contributed by atoms with Crippen LogP contribution in [0.4, 0.5) is 13.2 Å². The number of aromatic nitrogens is 1. The second-order valence-corrected chi connectivity index (χ2v) is 3.72. The zero-order chi connectivity index (χ0) is 13.8. The van der Waals surface area contributed by atoms with Gasteiger partial charge in [0.15, 0.2) is 0 Å². The van der Waals surface area contributed by atoms with Crippen molar-refractivity contribution < 1.29 is 23.0 Å². The third kappa shape index (κ3) is 3.23. The van der Waals surface area contributed by atoms with Crippen molar-refractivity contribution in [3.63, 3.8) is 0 Å². The molecule has 0 atom stereocenters. The van der Waals surface area contributed by atoms with Gasteiger partial charge >= 0.3 is 6.61 Å². The minimum atomic E-state index is -2.89. The lowest BCUT2D eigenvalue weighted by Gasteiger charge is -2.08. The molecule has 3 nitrogen and oxygen atoms in total. The number of hydrogen-bond acceptors (Lipinski definition) is 3. The van der Waals surface area contributed by atoms with Crippen molar-refractivity contribution in [3.05, 3.63) is 47.9 Å². The lowest BCUT2D eigenvalue weighted by atomic mass is 10.1. The molecule has 0 unspecified atom stereocenters. The van der Waals surface area contributed by atoms with Crippen LogP contribution in [0.15, 0.2) is 36.5 Å². The Morgan fingerprint density at radius 3 is 2.47 bits per heavy atom. The zero-order valence-corrected chi connectivity index (χ0v) is 9.69. The minimum Gasteiger partial charge on any atom is -0.435 e. The van der Waals surface area contributed by atoms with Crippen LogP contribution in [0.1, 0.15) is 5.56 Å². The molecule has 0 saturated carbocycles. The van der Waals surface area contributed by atoms with Crippen molar-refractivity contribution >= 4 is 0 Å². The van der Waals surface area contributed by atoms with E-state index in [0.29, 0.717) is 16.8 Å². The smallest absolute Gasteiger partial charge is 0.387 e. The van der Waals surface area contributed by atoms with Gasteiger partial charge in [0.1, 0.15) is 11.6 Å². The van der Waals surface area contributed by atoms with E-state index in [0.717, 1.165) is 6.20 Å². The van der Waals surface area contributed by atoms with E-state index in [9.17, 15) is 13.2 Å². The monoisotopic (exact) mass is 269 g/mol. The summed E-state index contributed by atoms with van der Waals surface area (Å²) in [5.74, 6) is -0.531. The molecular formula is C13H10F3NO2. The van der Waals surface area contributed by atoms with E-state index < -0.39 is 12.4 Å². The predicted molar refractivity (Wildman–Crippen MR) is 62.2 cm³/mol. The van der Waals surface area contributed by atoms with Crippen molar-refractivity contribution in [2.24, 2.45) is 0 Å². The van der Waals surface area contributed by atoms with Crippen LogP contribution in [0.5, 0.6) is 5.75 Å². The summed E-state index contributed by atoms with van der Waals surface area (Å²) in [5, 5.41) is 9.15. The van der Waals surface area contributed by atoms with Crippen LogP contribution < -0.4 is 4.74 Å². The number of ether oxygens (including phenoxy) is 1. The maximum atomic E-state index is 13.0. The standard InChI is InChI=1S/C13H10F3NO2/c14-10-5-9(7-18)12(17-6-10)8-1-3-11(4-2-8)19-13(15)16/h1-6,13,18H,7H2. The molecule has 2 aromatic rings. The van der Waals surface area contributed by atoms with Crippen LogP contribution in [0, 0.1) is 5.82 Å². The Hall–Kier alpha value is -2.08. The number of aliphatic hydroxyl groups excluding tert-OH is 1. The lowest BCUT2D eigenvalue weighted by Crippen LogP contribution is -2.01. The molecule has 0 aliphatic carbocycles. The molecule has 0 spiro atoms. The predicted octanol–water partition coefficient (Wildman–Crippen LogP) is 2.98. The van der Waals surface area contributed by atoms with Gasteiger partial charge in [0.2, 0.25) is 0 Å². The van der Waals surface area contributed by atoms with Crippen molar-refractivity contribution in [2.45, 2.75) is 13.2 Å². The second-order valence-electron chi connectivity index (χ2n) is 3.72. The van der Waals surface area contributed by atoms with Crippen molar-refractivity contribution in [1.82, 2.24) is 4.98 Å². The normalized spacial score (nSPS) is 10.8. The Morgan fingerprint density at radius 1 is 1.21 bits per heavy atom. The second kappa shape index (κ2) is 5.71. The summed E-state index contributed by atoms with van der Waals surface area (Å²) in [6.45, 7) is -3.25. The van der Waals surface area contributed by atoms with E-state index in [1.165, 1.54) is 30.3 Å². The highest BCUT2D eigenvalue weighted by Crippen LogP contribution is 2.25. The van der Waals surface area contributed by atoms with Gasteiger partial charge in [-0.3, -0.25) is 4.98 Å². The van der Waals surface area contributed by atoms with Gasteiger partial charge in [-0.1, -0.05) is 0 Å². The number of benzene rings is 1. The van der Waals surface area contributed by atoms with Crippen LogP contribution in [-0.2, 0) is 6.61 Å². The fraction of sp³-hybridized carbons (Fsp3) is 0.154. The first-order valence-corrected chi connectivity index (χ1v) is 5.40. The van der Waals surface area contributed by atoms with Gasteiger partial charge in [0.25, 0.3) is 0 Å². The van der Waals surface area contributed by atoms with E-state index in [1.54, 1.807) is 0 Å². The average Bonchev–Trinajstić information content (AvgIpc) is 2.39. The van der Waals surface area contributed by atoms with E-state index in [4.69, 9.17) is 5.11 Å². The van der Waals surface area contributed by atoms with Crippen LogP contribution in [-0.4, -0.2) is 16.7 Å². The summed E-state index contributed by atoms with van der Waals surface area (Å²) < 4.78 is 41.2. The van der Waals surface area contributed by atoms with Gasteiger partial charge in [0, 0.05) is 11.1 Å². The number of rotatable bonds is 4. The molecule has 0 fully saturated rings. The average molecular weight is 269 g/mol. The Bertz CT molecular complexity index is 558. The Balaban J connectivity index is 2.32. The molecule has 0 radical (unpaired) electrons. The molecule has 100 valence electrons. The SMILES string of the molecule is OCc1cc(F)cnc1-c1ccc(OC(F)F)cc1. The summed E-state index contributed by atoms with van der Waals surface area (Å²) in [7, 11) is 0. The first-order valence-electron chi connectivity index (χ1n) is 5.40. The topological polar surface area (TPSA) is 42.4 Å². The minimum absolute atomic E-state index is 0.0198. The first-order chi connectivity index (χ1) is 9.10. The Kier molecular flexibility index (Phi) is 4.01. The highest BCUT2D eigenvalue weighted by atomic mass is 19.3. The fourth-order valence-electron chi connectivity index (χ4n) is 1.66. The molecule has 0 bridgehead atoms. The maximum Gasteiger partial charge on any atom is 0.387 e. The summed E-state index contributed by atoms with van der Waals surface area (Å²) in [6, 6.07) is 6.90. The summed E-state index contributed by atoms with van der Waals surface area (Å²) in [4.78, 5) is 3.89. The third-order valence-corrected chi connectivity index (χ3v) is 2.46. The number of hydrogen-bond donors (Lipinski definition) is 1. The van der Waals surface area contributed by atoms with Crippen LogP contribution >= 0.6 is 0 Å². The van der Waals surface area contributed by atoms with Gasteiger partial charge in [0.05, 0.1) is 18.5 Å². The highest BCUT2D eigenvalue weighted by Gasteiger charge is 2.09. The number of pyridine rings is 1. The van der Waals surface area contributed by atoms with Crippen LogP contribution in [0.2, 0.25) is 0 Å². The van der Waals surface area contributed by atoms with Gasteiger partial charge in [-0.25, -0.2) is 4.39 Å². The molecule has 0 aliphatic rings. The molecule has 0 amide bonds. The number of nitrogens with zero attached hydrogens (tertiary/aromatic N) is 1. The molecule has 1 N–H and O–H groups in total. The molecule has 1 aromatic carbocycles.